The van der Waals surface area contributed by atoms with Crippen LogP contribution in [-0.4, -0.2) is 32.3 Å². The molecule has 1 aromatic rings. The second kappa shape index (κ2) is 4.84. The molecule has 0 aromatic heterocycles. The van der Waals surface area contributed by atoms with E-state index in [0.717, 1.165) is 23.9 Å². The Labute approximate surface area is 94.8 Å². The molecule has 2 rings (SSSR count). The number of morpholine rings is 1. The van der Waals surface area contributed by atoms with Gasteiger partial charge < -0.3 is 15.4 Å². The topological polar surface area (TPSA) is 38.5 Å². The Morgan fingerprint density at radius 2 is 2.13 bits per heavy atom. The first kappa shape index (κ1) is 10.7. The van der Waals surface area contributed by atoms with Crippen LogP contribution in [-0.2, 0) is 4.74 Å². The first-order chi connectivity index (χ1) is 7.31. The zero-order chi connectivity index (χ0) is 10.7. The Morgan fingerprint density at radius 1 is 1.40 bits per heavy atom. The van der Waals surface area contributed by atoms with Crippen LogP contribution in [0.3, 0.4) is 0 Å². The van der Waals surface area contributed by atoms with Crippen molar-refractivity contribution in [3.05, 3.63) is 29.3 Å². The molecule has 1 saturated heterocycles. The van der Waals surface area contributed by atoms with Gasteiger partial charge in [-0.2, -0.15) is 0 Å². The van der Waals surface area contributed by atoms with Crippen LogP contribution >= 0.6 is 11.6 Å². The molecule has 0 radical (unpaired) electrons. The summed E-state index contributed by atoms with van der Waals surface area (Å²) in [5.41, 5.74) is 6.88. The smallest absolute Gasteiger partial charge is 0.0683 e. The van der Waals surface area contributed by atoms with Crippen molar-refractivity contribution in [2.45, 2.75) is 6.04 Å². The lowest BCUT2D eigenvalue weighted by molar-refractivity contribution is 0.0963. The molecule has 0 aliphatic carbocycles. The van der Waals surface area contributed by atoms with Crippen molar-refractivity contribution < 1.29 is 4.74 Å². The molecule has 1 aliphatic heterocycles. The lowest BCUT2D eigenvalue weighted by atomic mass is 10.2. The fraction of sp³-hybridized carbons (Fsp3) is 0.455. The van der Waals surface area contributed by atoms with Crippen LogP contribution in [0.5, 0.6) is 0 Å². The highest BCUT2D eigenvalue weighted by Gasteiger charge is 2.21. The number of nitrogens with two attached hydrogens (primary N) is 1. The number of halogens is 1. The Balaban J connectivity index is 2.16. The molecule has 0 bridgehead atoms. The van der Waals surface area contributed by atoms with E-state index in [1.807, 2.05) is 24.3 Å². The predicted octanol–water partition coefficient (Wildman–Crippen LogP) is 1.50. The molecular formula is C11H15ClN2O. The largest absolute Gasteiger partial charge is 0.377 e. The average molecular weight is 227 g/mol. The number of hydrogen-bond acceptors (Lipinski definition) is 3. The summed E-state index contributed by atoms with van der Waals surface area (Å²) in [6.45, 7) is 2.98. The zero-order valence-electron chi connectivity index (χ0n) is 8.53. The summed E-state index contributed by atoms with van der Waals surface area (Å²) in [5, 5.41) is 0.760. The molecule has 0 spiro atoms. The van der Waals surface area contributed by atoms with Gasteiger partial charge in [0.25, 0.3) is 0 Å². The first-order valence-electron chi connectivity index (χ1n) is 5.11. The third kappa shape index (κ3) is 2.43. The summed E-state index contributed by atoms with van der Waals surface area (Å²) in [6.07, 6.45) is 0. The molecule has 82 valence electrons. The van der Waals surface area contributed by atoms with Gasteiger partial charge in [-0.05, 0) is 24.3 Å². The van der Waals surface area contributed by atoms with Crippen LogP contribution in [0.4, 0.5) is 5.69 Å². The van der Waals surface area contributed by atoms with Gasteiger partial charge >= 0.3 is 0 Å². The number of hydrogen-bond donors (Lipinski definition) is 1. The van der Waals surface area contributed by atoms with Gasteiger partial charge in [0.1, 0.15) is 0 Å². The molecule has 2 N–H and O–H groups in total. The molecule has 4 heteroatoms. The molecule has 15 heavy (non-hydrogen) atoms. The summed E-state index contributed by atoms with van der Waals surface area (Å²) in [5.74, 6) is 0. The van der Waals surface area contributed by atoms with Crippen molar-refractivity contribution in [3.63, 3.8) is 0 Å². The van der Waals surface area contributed by atoms with Crippen LogP contribution in [0, 0.1) is 0 Å². The van der Waals surface area contributed by atoms with Gasteiger partial charge in [0.15, 0.2) is 0 Å². The molecule has 1 atom stereocenters. The molecule has 0 saturated carbocycles. The number of nitrogens with zero attached hydrogens (tertiary/aromatic N) is 1. The standard InChI is InChI=1S/C11H15ClN2O/c12-9-1-3-10(4-2-9)14-5-6-15-8-11(14)7-13/h1-4,11H,5-8,13H2. The minimum absolute atomic E-state index is 0.278. The summed E-state index contributed by atoms with van der Waals surface area (Å²) in [6, 6.07) is 8.13. The summed E-state index contributed by atoms with van der Waals surface area (Å²) in [4.78, 5) is 2.28. The van der Waals surface area contributed by atoms with Crippen molar-refractivity contribution in [1.29, 1.82) is 0 Å². The molecule has 1 fully saturated rings. The van der Waals surface area contributed by atoms with Crippen molar-refractivity contribution >= 4 is 17.3 Å². The van der Waals surface area contributed by atoms with E-state index in [-0.39, 0.29) is 6.04 Å². The first-order valence-corrected chi connectivity index (χ1v) is 5.49. The summed E-state index contributed by atoms with van der Waals surface area (Å²) >= 11 is 5.85. The van der Waals surface area contributed by atoms with Crippen LogP contribution < -0.4 is 10.6 Å². The highest BCUT2D eigenvalue weighted by atomic mass is 35.5. The Bertz CT molecular complexity index is 315. The zero-order valence-corrected chi connectivity index (χ0v) is 9.28. The molecule has 1 aromatic carbocycles. The molecule has 0 amide bonds. The van der Waals surface area contributed by atoms with Crippen molar-refractivity contribution in [2.24, 2.45) is 5.73 Å². The maximum Gasteiger partial charge on any atom is 0.0683 e. The number of benzene rings is 1. The van der Waals surface area contributed by atoms with E-state index in [1.54, 1.807) is 0 Å². The number of ether oxygens (including phenoxy) is 1. The summed E-state index contributed by atoms with van der Waals surface area (Å²) < 4.78 is 5.40. The molecule has 1 unspecified atom stereocenters. The average Bonchev–Trinajstić information content (AvgIpc) is 2.30. The summed E-state index contributed by atoms with van der Waals surface area (Å²) in [7, 11) is 0. The highest BCUT2D eigenvalue weighted by molar-refractivity contribution is 6.30. The minimum Gasteiger partial charge on any atom is -0.377 e. The highest BCUT2D eigenvalue weighted by Crippen LogP contribution is 2.21. The Hall–Kier alpha value is -0.770. The third-order valence-corrected chi connectivity index (χ3v) is 2.91. The van der Waals surface area contributed by atoms with Gasteiger partial charge in [0.05, 0.1) is 19.3 Å². The Kier molecular flexibility index (Phi) is 3.46. The van der Waals surface area contributed by atoms with Crippen LogP contribution in [0.1, 0.15) is 0 Å². The molecule has 3 nitrogen and oxygen atoms in total. The Morgan fingerprint density at radius 3 is 2.80 bits per heavy atom. The minimum atomic E-state index is 0.278. The predicted molar refractivity (Wildman–Crippen MR) is 62.5 cm³/mol. The van der Waals surface area contributed by atoms with Crippen LogP contribution in [0.15, 0.2) is 24.3 Å². The van der Waals surface area contributed by atoms with Crippen molar-refractivity contribution in [2.75, 3.05) is 31.2 Å². The monoisotopic (exact) mass is 226 g/mol. The van der Waals surface area contributed by atoms with Gasteiger partial charge in [-0.3, -0.25) is 0 Å². The molecule has 1 aliphatic rings. The maximum absolute atomic E-state index is 5.85. The van der Waals surface area contributed by atoms with Crippen molar-refractivity contribution in [1.82, 2.24) is 0 Å². The van der Waals surface area contributed by atoms with Gasteiger partial charge in [0.2, 0.25) is 0 Å². The van der Waals surface area contributed by atoms with Crippen LogP contribution in [0.2, 0.25) is 5.02 Å². The van der Waals surface area contributed by atoms with E-state index in [2.05, 4.69) is 4.90 Å². The SMILES string of the molecule is NCC1COCCN1c1ccc(Cl)cc1. The van der Waals surface area contributed by atoms with Crippen molar-refractivity contribution in [3.8, 4) is 0 Å². The van der Waals surface area contributed by atoms with E-state index in [4.69, 9.17) is 22.1 Å². The third-order valence-electron chi connectivity index (χ3n) is 2.66. The molecule has 1 heterocycles. The second-order valence-corrected chi connectivity index (χ2v) is 4.07. The van der Waals surface area contributed by atoms with Gasteiger partial charge in [0, 0.05) is 23.8 Å². The fourth-order valence-electron chi connectivity index (χ4n) is 1.82. The quantitative estimate of drug-likeness (QED) is 0.831. The lowest BCUT2D eigenvalue weighted by Gasteiger charge is -2.36. The normalized spacial score (nSPS) is 21.7. The number of anilines is 1. The lowest BCUT2D eigenvalue weighted by Crippen LogP contribution is -2.49. The second-order valence-electron chi connectivity index (χ2n) is 3.63. The maximum atomic E-state index is 5.85. The van der Waals surface area contributed by atoms with Gasteiger partial charge in [-0.25, -0.2) is 0 Å². The number of rotatable bonds is 2. The van der Waals surface area contributed by atoms with Crippen LogP contribution in [0.25, 0.3) is 0 Å². The van der Waals surface area contributed by atoms with Gasteiger partial charge in [-0.15, -0.1) is 0 Å². The van der Waals surface area contributed by atoms with E-state index in [0.29, 0.717) is 13.2 Å². The molecular weight excluding hydrogens is 212 g/mol. The van der Waals surface area contributed by atoms with Gasteiger partial charge in [-0.1, -0.05) is 11.6 Å². The fourth-order valence-corrected chi connectivity index (χ4v) is 1.95. The van der Waals surface area contributed by atoms with E-state index >= 15 is 0 Å². The van der Waals surface area contributed by atoms with E-state index in [1.165, 1.54) is 0 Å². The van der Waals surface area contributed by atoms with E-state index < -0.39 is 0 Å². The van der Waals surface area contributed by atoms with E-state index in [9.17, 15) is 0 Å².